The molecule has 0 radical (unpaired) electrons. The molecule has 12 rings (SSSR count). The van der Waals surface area contributed by atoms with Gasteiger partial charge in [0.25, 0.3) is 0 Å². The first-order valence-corrected chi connectivity index (χ1v) is 20.4. The molecule has 4 heteroatoms. The average Bonchev–Trinajstić information content (AvgIpc) is 3.84. The number of para-hydroxylation sites is 5. The maximum Gasteiger partial charge on any atom is 0.136 e. The van der Waals surface area contributed by atoms with E-state index < -0.39 is 0 Å². The quantitative estimate of drug-likeness (QED) is 0.151. The fraction of sp³-hybridized carbons (Fsp3) is 0. The van der Waals surface area contributed by atoms with Gasteiger partial charge in [0.2, 0.25) is 0 Å². The fourth-order valence-electron chi connectivity index (χ4n) is 9.17. The Bertz CT molecular complexity index is 3510. The van der Waals surface area contributed by atoms with Crippen molar-refractivity contribution in [2.45, 2.75) is 0 Å². The summed E-state index contributed by atoms with van der Waals surface area (Å²) in [5.41, 5.74) is 11.7. The summed E-state index contributed by atoms with van der Waals surface area (Å²) in [6, 6.07) is 80.6. The highest BCUT2D eigenvalue weighted by Crippen LogP contribution is 2.44. The van der Waals surface area contributed by atoms with Crippen molar-refractivity contribution in [2.75, 3.05) is 9.80 Å². The van der Waals surface area contributed by atoms with Gasteiger partial charge >= 0.3 is 0 Å². The molecule has 0 amide bonds. The van der Waals surface area contributed by atoms with Gasteiger partial charge in [-0.15, -0.1) is 0 Å². The van der Waals surface area contributed by atoms with Crippen LogP contribution < -0.4 is 9.80 Å². The van der Waals surface area contributed by atoms with Crippen LogP contribution in [0.2, 0.25) is 0 Å². The molecular weight excluding hydrogens is 731 g/mol. The molecule has 0 aliphatic heterocycles. The molecule has 0 bridgehead atoms. The molecule has 0 unspecified atom stereocenters. The normalized spacial score (nSPS) is 11.7. The smallest absolute Gasteiger partial charge is 0.136 e. The third-order valence-corrected chi connectivity index (χ3v) is 11.9. The standard InChI is InChI=1S/C56H37N3O/c1-4-15-40(16-5-1)57(41-17-6-2-7-18-41)43-21-14-22-44(34-43)58(46-31-32-48-47-23-10-12-25-53(47)59(54(48)36-46)42-19-8-3-9-20-42)45-30-29-38-27-28-39-33-56-52(37-51(39)50(38)35-45)49-24-11-13-26-55(49)60-56/h1-37H. The number of hydrogen-bond acceptors (Lipinski definition) is 3. The average molecular weight is 768 g/mol. The number of furan rings is 1. The third-order valence-electron chi connectivity index (χ3n) is 11.9. The van der Waals surface area contributed by atoms with E-state index in [9.17, 15) is 0 Å². The largest absolute Gasteiger partial charge is 0.456 e. The Morgan fingerprint density at radius 3 is 1.58 bits per heavy atom. The van der Waals surface area contributed by atoms with Crippen LogP contribution in [0.5, 0.6) is 0 Å². The van der Waals surface area contributed by atoms with Gasteiger partial charge in [0, 0.05) is 61.4 Å². The van der Waals surface area contributed by atoms with Crippen LogP contribution in [0.4, 0.5) is 34.1 Å². The SMILES string of the molecule is c1ccc(N(c2ccccc2)c2cccc(N(c3ccc4ccc5cc6oc7ccccc7c6cc5c4c3)c3ccc4c5ccccc5n(-c5ccccc5)c4c3)c2)cc1. The fourth-order valence-corrected chi connectivity index (χ4v) is 9.17. The maximum absolute atomic E-state index is 6.33. The van der Waals surface area contributed by atoms with Gasteiger partial charge in [-0.3, -0.25) is 0 Å². The van der Waals surface area contributed by atoms with Gasteiger partial charge in [-0.1, -0.05) is 121 Å². The molecule has 0 N–H and O–H groups in total. The van der Waals surface area contributed by atoms with Crippen LogP contribution in [0.25, 0.3) is 71.0 Å². The lowest BCUT2D eigenvalue weighted by Gasteiger charge is -2.29. The lowest BCUT2D eigenvalue weighted by molar-refractivity contribution is 0.669. The van der Waals surface area contributed by atoms with Gasteiger partial charge in [-0.05, 0) is 125 Å². The summed E-state index contributed by atoms with van der Waals surface area (Å²) in [4.78, 5) is 4.74. The van der Waals surface area contributed by atoms with Gasteiger partial charge in [-0.25, -0.2) is 0 Å². The number of fused-ring (bicyclic) bond motifs is 9. The van der Waals surface area contributed by atoms with E-state index in [1.165, 1.54) is 32.4 Å². The molecule has 0 aliphatic rings. The molecule has 4 nitrogen and oxygen atoms in total. The van der Waals surface area contributed by atoms with E-state index >= 15 is 0 Å². The Labute approximate surface area is 347 Å². The number of aromatic nitrogens is 1. The Balaban J connectivity index is 1.11. The summed E-state index contributed by atoms with van der Waals surface area (Å²) >= 11 is 0. The van der Waals surface area contributed by atoms with Crippen molar-refractivity contribution in [3.63, 3.8) is 0 Å². The summed E-state index contributed by atoms with van der Waals surface area (Å²) in [5.74, 6) is 0. The van der Waals surface area contributed by atoms with Crippen molar-refractivity contribution in [1.82, 2.24) is 4.57 Å². The first-order valence-electron chi connectivity index (χ1n) is 20.4. The molecule has 0 saturated carbocycles. The predicted molar refractivity (Wildman–Crippen MR) is 252 cm³/mol. The Kier molecular flexibility index (Phi) is 7.82. The lowest BCUT2D eigenvalue weighted by atomic mass is 9.99. The summed E-state index contributed by atoms with van der Waals surface area (Å²) in [6.45, 7) is 0. The van der Waals surface area contributed by atoms with E-state index in [1.54, 1.807) is 0 Å². The molecular formula is C56H37N3O. The van der Waals surface area contributed by atoms with Crippen LogP contribution in [0.1, 0.15) is 0 Å². The minimum Gasteiger partial charge on any atom is -0.456 e. The van der Waals surface area contributed by atoms with Crippen molar-refractivity contribution in [3.8, 4) is 5.69 Å². The lowest BCUT2D eigenvalue weighted by Crippen LogP contribution is -2.13. The second kappa shape index (κ2) is 13.8. The van der Waals surface area contributed by atoms with Gasteiger partial charge in [-0.2, -0.15) is 0 Å². The van der Waals surface area contributed by atoms with Crippen molar-refractivity contribution < 1.29 is 4.42 Å². The van der Waals surface area contributed by atoms with Crippen LogP contribution in [0.15, 0.2) is 229 Å². The molecule has 10 aromatic carbocycles. The van der Waals surface area contributed by atoms with E-state index in [-0.39, 0.29) is 0 Å². The van der Waals surface area contributed by atoms with Crippen LogP contribution in [-0.4, -0.2) is 4.57 Å². The highest BCUT2D eigenvalue weighted by Gasteiger charge is 2.21. The van der Waals surface area contributed by atoms with Crippen LogP contribution >= 0.6 is 0 Å². The van der Waals surface area contributed by atoms with Gasteiger partial charge in [0.1, 0.15) is 11.2 Å². The Morgan fingerprint density at radius 2 is 0.817 bits per heavy atom. The van der Waals surface area contributed by atoms with Gasteiger partial charge in [0.05, 0.1) is 11.0 Å². The van der Waals surface area contributed by atoms with E-state index in [1.807, 2.05) is 12.1 Å². The summed E-state index contributed by atoms with van der Waals surface area (Å²) < 4.78 is 8.72. The zero-order valence-corrected chi connectivity index (χ0v) is 32.6. The molecule has 60 heavy (non-hydrogen) atoms. The van der Waals surface area contributed by atoms with Gasteiger partial charge in [0.15, 0.2) is 0 Å². The van der Waals surface area contributed by atoms with Gasteiger partial charge < -0.3 is 18.8 Å². The molecule has 0 spiro atoms. The van der Waals surface area contributed by atoms with Crippen LogP contribution in [0, 0.1) is 0 Å². The second-order valence-corrected chi connectivity index (χ2v) is 15.4. The number of anilines is 6. The molecule has 0 saturated heterocycles. The Hall–Kier alpha value is -8.08. The number of rotatable bonds is 7. The Morgan fingerprint density at radius 1 is 0.283 bits per heavy atom. The second-order valence-electron chi connectivity index (χ2n) is 15.4. The highest BCUT2D eigenvalue weighted by molar-refractivity contribution is 6.17. The van der Waals surface area contributed by atoms with E-state index in [2.05, 4.69) is 227 Å². The molecule has 2 heterocycles. The minimum atomic E-state index is 0.904. The first kappa shape index (κ1) is 34.0. The maximum atomic E-state index is 6.33. The summed E-state index contributed by atoms with van der Waals surface area (Å²) in [6.07, 6.45) is 0. The molecule has 0 fully saturated rings. The molecule has 2 aromatic heterocycles. The summed E-state index contributed by atoms with van der Waals surface area (Å²) in [5, 5.41) is 9.42. The van der Waals surface area contributed by atoms with Crippen molar-refractivity contribution >= 4 is 99.4 Å². The highest BCUT2D eigenvalue weighted by atomic mass is 16.3. The van der Waals surface area contributed by atoms with E-state index in [0.29, 0.717) is 0 Å². The first-order chi connectivity index (χ1) is 29.7. The predicted octanol–water partition coefficient (Wildman–Crippen LogP) is 15.9. The monoisotopic (exact) mass is 767 g/mol. The molecule has 282 valence electrons. The minimum absolute atomic E-state index is 0.904. The third kappa shape index (κ3) is 5.53. The molecule has 0 aliphatic carbocycles. The van der Waals surface area contributed by atoms with Crippen LogP contribution in [0.3, 0.4) is 0 Å². The molecule has 12 aromatic rings. The molecule has 0 atom stereocenters. The van der Waals surface area contributed by atoms with E-state index in [4.69, 9.17) is 4.42 Å². The van der Waals surface area contributed by atoms with Crippen molar-refractivity contribution in [2.24, 2.45) is 0 Å². The zero-order chi connectivity index (χ0) is 39.6. The van der Waals surface area contributed by atoms with Crippen LogP contribution in [-0.2, 0) is 0 Å². The topological polar surface area (TPSA) is 24.6 Å². The summed E-state index contributed by atoms with van der Waals surface area (Å²) in [7, 11) is 0. The number of nitrogens with zero attached hydrogens (tertiary/aromatic N) is 3. The number of benzene rings is 10. The number of hydrogen-bond donors (Lipinski definition) is 0. The zero-order valence-electron chi connectivity index (χ0n) is 32.6. The van der Waals surface area contributed by atoms with Crippen molar-refractivity contribution in [3.05, 3.63) is 224 Å². The van der Waals surface area contributed by atoms with E-state index in [0.717, 1.165) is 72.7 Å². The van der Waals surface area contributed by atoms with Crippen molar-refractivity contribution in [1.29, 1.82) is 0 Å².